The van der Waals surface area contributed by atoms with Crippen molar-refractivity contribution in [1.82, 2.24) is 4.31 Å². The molecule has 2 aromatic rings. The van der Waals surface area contributed by atoms with Crippen molar-refractivity contribution < 1.29 is 32.3 Å². The molecular formula is C22H22N4O7S. The number of amides is 2. The van der Waals surface area contributed by atoms with Gasteiger partial charge in [-0.3, -0.25) is 9.59 Å². The van der Waals surface area contributed by atoms with Crippen LogP contribution in [0.1, 0.15) is 16.8 Å². The lowest BCUT2D eigenvalue weighted by Gasteiger charge is -2.26. The predicted octanol–water partition coefficient (Wildman–Crippen LogP) is 1.36. The average molecular weight is 487 g/mol. The fourth-order valence-electron chi connectivity index (χ4n) is 3.05. The predicted molar refractivity (Wildman–Crippen MR) is 120 cm³/mol. The van der Waals surface area contributed by atoms with Crippen LogP contribution in [0, 0.1) is 11.3 Å². The van der Waals surface area contributed by atoms with Gasteiger partial charge < -0.3 is 20.1 Å². The number of rotatable bonds is 8. The second kappa shape index (κ2) is 11.4. The first-order valence-electron chi connectivity index (χ1n) is 10.2. The lowest BCUT2D eigenvalue weighted by molar-refractivity contribution is -0.119. The minimum atomic E-state index is -3.72. The van der Waals surface area contributed by atoms with Gasteiger partial charge in [-0.05, 0) is 42.5 Å². The fraction of sp³-hybridized carbons (Fsp3) is 0.273. The monoisotopic (exact) mass is 486 g/mol. The minimum absolute atomic E-state index is 0.0335. The first-order chi connectivity index (χ1) is 16.3. The number of carbonyl (C=O) groups is 3. The summed E-state index contributed by atoms with van der Waals surface area (Å²) in [6.45, 7) is 0.559. The number of benzene rings is 2. The van der Waals surface area contributed by atoms with Crippen LogP contribution >= 0.6 is 0 Å². The molecule has 178 valence electrons. The highest BCUT2D eigenvalue weighted by Gasteiger charge is 2.26. The number of esters is 1. The third kappa shape index (κ3) is 6.61. The molecule has 2 N–H and O–H groups in total. The van der Waals surface area contributed by atoms with Gasteiger partial charge in [-0.25, -0.2) is 13.2 Å². The molecule has 34 heavy (non-hydrogen) atoms. The molecule has 0 bridgehead atoms. The first-order valence-corrected chi connectivity index (χ1v) is 11.7. The summed E-state index contributed by atoms with van der Waals surface area (Å²) >= 11 is 0. The molecule has 0 saturated carbocycles. The lowest BCUT2D eigenvalue weighted by Crippen LogP contribution is -2.40. The van der Waals surface area contributed by atoms with Crippen LogP contribution < -0.4 is 10.6 Å². The highest BCUT2D eigenvalue weighted by Crippen LogP contribution is 2.20. The van der Waals surface area contributed by atoms with E-state index in [1.54, 1.807) is 6.07 Å². The van der Waals surface area contributed by atoms with E-state index in [4.69, 9.17) is 14.7 Å². The smallest absolute Gasteiger partial charge is 0.338 e. The summed E-state index contributed by atoms with van der Waals surface area (Å²) in [5.74, 6) is -1.88. The molecule has 0 unspecified atom stereocenters. The molecule has 0 aliphatic carbocycles. The molecule has 0 radical (unpaired) electrons. The molecule has 2 amide bonds. The van der Waals surface area contributed by atoms with Gasteiger partial charge in [-0.1, -0.05) is 6.07 Å². The molecule has 3 rings (SSSR count). The van der Waals surface area contributed by atoms with Gasteiger partial charge in [0.25, 0.3) is 5.91 Å². The fourth-order valence-corrected chi connectivity index (χ4v) is 4.50. The third-order valence-electron chi connectivity index (χ3n) is 4.70. The van der Waals surface area contributed by atoms with E-state index >= 15 is 0 Å². The van der Waals surface area contributed by atoms with Crippen molar-refractivity contribution in [1.29, 1.82) is 5.26 Å². The van der Waals surface area contributed by atoms with Crippen molar-refractivity contribution in [2.75, 3.05) is 43.5 Å². The summed E-state index contributed by atoms with van der Waals surface area (Å²) < 4.78 is 37.0. The molecule has 1 aliphatic rings. The second-order valence-corrected chi connectivity index (χ2v) is 9.07. The summed E-state index contributed by atoms with van der Waals surface area (Å²) in [4.78, 5) is 35.8. The minimum Gasteiger partial charge on any atom is -0.452 e. The Balaban J connectivity index is 1.54. The van der Waals surface area contributed by atoms with Gasteiger partial charge in [0.05, 0.1) is 29.7 Å². The van der Waals surface area contributed by atoms with Crippen molar-refractivity contribution in [2.45, 2.75) is 11.3 Å². The zero-order chi connectivity index (χ0) is 24.6. The van der Waals surface area contributed by atoms with E-state index in [1.165, 1.54) is 52.8 Å². The van der Waals surface area contributed by atoms with E-state index < -0.39 is 34.4 Å². The van der Waals surface area contributed by atoms with Crippen molar-refractivity contribution in [3.05, 3.63) is 54.1 Å². The number of anilines is 2. The Hall–Kier alpha value is -3.79. The van der Waals surface area contributed by atoms with Gasteiger partial charge in [0.1, 0.15) is 6.42 Å². The number of hydrogen-bond donors (Lipinski definition) is 2. The molecule has 1 saturated heterocycles. The average Bonchev–Trinajstić information content (AvgIpc) is 2.84. The Labute approximate surface area is 196 Å². The highest BCUT2D eigenvalue weighted by atomic mass is 32.2. The number of ether oxygens (including phenoxy) is 2. The topological polar surface area (TPSA) is 155 Å². The van der Waals surface area contributed by atoms with Crippen molar-refractivity contribution in [2.24, 2.45) is 0 Å². The first kappa shape index (κ1) is 24.8. The van der Waals surface area contributed by atoms with Gasteiger partial charge in [0, 0.05) is 24.5 Å². The number of sulfonamides is 1. The number of nitrogens with zero attached hydrogens (tertiary/aromatic N) is 2. The van der Waals surface area contributed by atoms with E-state index in [-0.39, 0.29) is 35.7 Å². The number of nitriles is 1. The molecule has 0 spiro atoms. The van der Waals surface area contributed by atoms with Crippen LogP contribution in [0.25, 0.3) is 0 Å². The highest BCUT2D eigenvalue weighted by molar-refractivity contribution is 7.89. The summed E-state index contributed by atoms with van der Waals surface area (Å²) in [5, 5.41) is 13.5. The van der Waals surface area contributed by atoms with E-state index in [2.05, 4.69) is 10.6 Å². The number of nitrogens with one attached hydrogen (secondary N) is 2. The number of morpholine rings is 1. The number of hydrogen-bond acceptors (Lipinski definition) is 8. The second-order valence-electron chi connectivity index (χ2n) is 7.13. The molecule has 11 nitrogen and oxygen atoms in total. The van der Waals surface area contributed by atoms with Crippen LogP contribution in [-0.4, -0.2) is 63.4 Å². The normalized spacial score (nSPS) is 14.0. The molecule has 1 fully saturated rings. The molecule has 1 aliphatic heterocycles. The maximum Gasteiger partial charge on any atom is 0.338 e. The van der Waals surface area contributed by atoms with Crippen molar-refractivity contribution in [3.63, 3.8) is 0 Å². The van der Waals surface area contributed by atoms with Crippen molar-refractivity contribution in [3.8, 4) is 6.07 Å². The molecule has 2 aromatic carbocycles. The Bertz CT molecular complexity index is 1200. The third-order valence-corrected chi connectivity index (χ3v) is 6.60. The van der Waals surface area contributed by atoms with E-state index in [0.717, 1.165) is 0 Å². The molecular weight excluding hydrogens is 464 g/mol. The molecule has 12 heteroatoms. The van der Waals surface area contributed by atoms with Gasteiger partial charge in [-0.2, -0.15) is 9.57 Å². The summed E-state index contributed by atoms with van der Waals surface area (Å²) in [5.41, 5.74) is 0.805. The van der Waals surface area contributed by atoms with E-state index in [9.17, 15) is 22.8 Å². The maximum absolute atomic E-state index is 12.8. The number of carbonyl (C=O) groups excluding carboxylic acids is 3. The maximum atomic E-state index is 12.8. The van der Waals surface area contributed by atoms with Gasteiger partial charge in [0.15, 0.2) is 6.61 Å². The van der Waals surface area contributed by atoms with E-state index in [1.807, 2.05) is 0 Å². The Morgan fingerprint density at radius 3 is 2.35 bits per heavy atom. The van der Waals surface area contributed by atoms with E-state index in [0.29, 0.717) is 18.9 Å². The van der Waals surface area contributed by atoms with Crippen LogP contribution in [-0.2, 0) is 29.1 Å². The Morgan fingerprint density at radius 1 is 1.00 bits per heavy atom. The molecule has 0 atom stereocenters. The lowest BCUT2D eigenvalue weighted by atomic mass is 10.2. The van der Waals surface area contributed by atoms with Crippen LogP contribution in [0.5, 0.6) is 0 Å². The molecule has 0 aromatic heterocycles. The van der Waals surface area contributed by atoms with Gasteiger partial charge >= 0.3 is 5.97 Å². The van der Waals surface area contributed by atoms with Crippen LogP contribution in [0.4, 0.5) is 11.4 Å². The largest absolute Gasteiger partial charge is 0.452 e. The van der Waals surface area contributed by atoms with Crippen LogP contribution in [0.15, 0.2) is 53.4 Å². The quantitative estimate of drug-likeness (QED) is 0.530. The zero-order valence-electron chi connectivity index (χ0n) is 18.0. The van der Waals surface area contributed by atoms with Crippen molar-refractivity contribution >= 4 is 39.2 Å². The van der Waals surface area contributed by atoms with Crippen LogP contribution in [0.2, 0.25) is 0 Å². The molecule has 1 heterocycles. The van der Waals surface area contributed by atoms with Gasteiger partial charge in [0.2, 0.25) is 15.9 Å². The summed E-state index contributed by atoms with van der Waals surface area (Å²) in [6, 6.07) is 13.3. The SMILES string of the molecule is N#CCC(=O)Nc1ccc(C(=O)OCC(=O)Nc2cccc(S(=O)(=O)N3CCOCC3)c2)cc1. The summed E-state index contributed by atoms with van der Waals surface area (Å²) in [6.07, 6.45) is -0.291. The Kier molecular flexibility index (Phi) is 8.31. The standard InChI is InChI=1S/C22H22N4O7S/c23-9-8-20(27)24-17-6-4-16(5-7-17)22(29)33-15-21(28)25-18-2-1-3-19(14-18)34(30,31)26-10-12-32-13-11-26/h1-7,14H,8,10-13,15H2,(H,24,27)(H,25,28). The van der Waals surface area contributed by atoms with Gasteiger partial charge in [-0.15, -0.1) is 0 Å². The summed E-state index contributed by atoms with van der Waals surface area (Å²) in [7, 11) is -3.72. The Morgan fingerprint density at radius 2 is 1.68 bits per heavy atom. The zero-order valence-corrected chi connectivity index (χ0v) is 18.8. The van der Waals surface area contributed by atoms with Crippen LogP contribution in [0.3, 0.4) is 0 Å².